The molecule has 3 rings (SSSR count). The number of aryl methyl sites for hydroxylation is 3. The minimum absolute atomic E-state index is 0.275. The van der Waals surface area contributed by atoms with Gasteiger partial charge in [-0.1, -0.05) is 41.4 Å². The molecule has 31 heavy (non-hydrogen) atoms. The molecule has 0 saturated carbocycles. The van der Waals surface area contributed by atoms with Crippen molar-refractivity contribution in [2.45, 2.75) is 27.7 Å². The first kappa shape index (κ1) is 22.6. The highest BCUT2D eigenvalue weighted by Crippen LogP contribution is 2.26. The molecule has 0 aliphatic rings. The van der Waals surface area contributed by atoms with Crippen LogP contribution in [0.3, 0.4) is 0 Å². The summed E-state index contributed by atoms with van der Waals surface area (Å²) in [5.41, 5.74) is 8.92. The van der Waals surface area contributed by atoms with Crippen molar-refractivity contribution in [3.63, 3.8) is 0 Å². The number of halogens is 2. The molecule has 160 valence electrons. The lowest BCUT2D eigenvalue weighted by atomic mass is 10.1. The molecule has 0 unspecified atom stereocenters. The minimum atomic E-state index is -0.897. The van der Waals surface area contributed by atoms with Gasteiger partial charge in [0.1, 0.15) is 0 Å². The Kier molecular flexibility index (Phi) is 6.83. The van der Waals surface area contributed by atoms with E-state index in [1.54, 1.807) is 6.07 Å². The molecule has 2 amide bonds. The number of hydrogen-bond donors (Lipinski definition) is 2. The van der Waals surface area contributed by atoms with Crippen LogP contribution >= 0.6 is 23.2 Å². The molecule has 6 nitrogen and oxygen atoms in total. The molecule has 2 N–H and O–H groups in total. The number of benzene rings is 2. The highest BCUT2D eigenvalue weighted by atomic mass is 35.5. The molecule has 0 bridgehead atoms. The van der Waals surface area contributed by atoms with Crippen LogP contribution in [-0.4, -0.2) is 22.6 Å². The van der Waals surface area contributed by atoms with Crippen LogP contribution in [0.5, 0.6) is 0 Å². The quantitative estimate of drug-likeness (QED) is 0.325. The maximum atomic E-state index is 12.1. The fourth-order valence-electron chi connectivity index (χ4n) is 3.39. The van der Waals surface area contributed by atoms with Gasteiger partial charge in [-0.3, -0.25) is 9.59 Å². The highest BCUT2D eigenvalue weighted by molar-refractivity contribution is 6.42. The zero-order valence-corrected chi connectivity index (χ0v) is 19.1. The van der Waals surface area contributed by atoms with E-state index in [1.807, 2.05) is 26.0 Å². The van der Waals surface area contributed by atoms with Gasteiger partial charge in [-0.15, -0.1) is 0 Å². The van der Waals surface area contributed by atoms with Gasteiger partial charge in [0.15, 0.2) is 0 Å². The Morgan fingerprint density at radius 3 is 2.26 bits per heavy atom. The molecule has 0 aliphatic carbocycles. The van der Waals surface area contributed by atoms with Crippen LogP contribution in [0.25, 0.3) is 5.69 Å². The molecule has 8 heteroatoms. The first-order chi connectivity index (χ1) is 14.7. The number of rotatable bonds is 4. The second-order valence-corrected chi connectivity index (χ2v) is 8.00. The zero-order chi connectivity index (χ0) is 22.7. The molecule has 1 aromatic heterocycles. The van der Waals surface area contributed by atoms with Crippen LogP contribution in [0.1, 0.15) is 28.1 Å². The van der Waals surface area contributed by atoms with Crippen molar-refractivity contribution in [1.29, 1.82) is 0 Å². The summed E-state index contributed by atoms with van der Waals surface area (Å²) in [6.07, 6.45) is 1.52. The Bertz CT molecular complexity index is 1180. The standard InChI is InChI=1S/C23H22Cl2N4O2/c1-13-6-5-7-14(2)21(13)29-15(3)10-17(16(29)4)12-26-28-23(31)22(30)27-18-8-9-19(24)20(25)11-18/h5-12H,1-4H3,(H,27,30)(H,28,31)/b26-12-. The van der Waals surface area contributed by atoms with Crippen molar-refractivity contribution in [1.82, 2.24) is 9.99 Å². The fraction of sp³-hybridized carbons (Fsp3) is 0.174. The van der Waals surface area contributed by atoms with Crippen molar-refractivity contribution in [2.24, 2.45) is 5.10 Å². The van der Waals surface area contributed by atoms with Gasteiger partial charge in [0.05, 0.1) is 21.9 Å². The van der Waals surface area contributed by atoms with E-state index in [2.05, 4.69) is 46.4 Å². The fourth-order valence-corrected chi connectivity index (χ4v) is 3.69. The molecule has 0 spiro atoms. The summed E-state index contributed by atoms with van der Waals surface area (Å²) in [6, 6.07) is 12.7. The Morgan fingerprint density at radius 1 is 0.935 bits per heavy atom. The van der Waals surface area contributed by atoms with Gasteiger partial charge in [-0.05, 0) is 63.1 Å². The Labute approximate surface area is 190 Å². The van der Waals surface area contributed by atoms with Gasteiger partial charge in [0.25, 0.3) is 0 Å². The predicted octanol–water partition coefficient (Wildman–Crippen LogP) is 5.11. The van der Waals surface area contributed by atoms with E-state index in [0.717, 1.165) is 33.8 Å². The number of carbonyl (C=O) groups excluding carboxylic acids is 2. The molecule has 3 aromatic rings. The molecule has 0 fully saturated rings. The van der Waals surface area contributed by atoms with Gasteiger partial charge in [-0.2, -0.15) is 5.10 Å². The largest absolute Gasteiger partial charge is 0.329 e. The van der Waals surface area contributed by atoms with E-state index in [-0.39, 0.29) is 5.02 Å². The van der Waals surface area contributed by atoms with E-state index in [4.69, 9.17) is 23.2 Å². The van der Waals surface area contributed by atoms with Gasteiger partial charge in [0, 0.05) is 22.6 Å². The Hall–Kier alpha value is -3.09. The van der Waals surface area contributed by atoms with Crippen LogP contribution in [0.4, 0.5) is 5.69 Å². The molecular weight excluding hydrogens is 435 g/mol. The van der Waals surface area contributed by atoms with Crippen LogP contribution in [0, 0.1) is 27.7 Å². The molecule has 2 aromatic carbocycles. The number of carbonyl (C=O) groups is 2. The number of amides is 2. The summed E-state index contributed by atoms with van der Waals surface area (Å²) < 4.78 is 2.16. The number of nitrogens with one attached hydrogen (secondary N) is 2. The minimum Gasteiger partial charge on any atom is -0.318 e. The summed E-state index contributed by atoms with van der Waals surface area (Å²) in [6.45, 7) is 8.14. The third-order valence-corrected chi connectivity index (χ3v) is 5.63. The van der Waals surface area contributed by atoms with Crippen molar-refractivity contribution in [2.75, 3.05) is 5.32 Å². The Balaban J connectivity index is 1.72. The summed E-state index contributed by atoms with van der Waals surface area (Å²) in [5, 5.41) is 7.02. The monoisotopic (exact) mass is 456 g/mol. The van der Waals surface area contributed by atoms with Crippen LogP contribution in [-0.2, 0) is 9.59 Å². The molecule has 0 radical (unpaired) electrons. The molecular formula is C23H22Cl2N4O2. The van der Waals surface area contributed by atoms with E-state index in [9.17, 15) is 9.59 Å². The number of nitrogens with zero attached hydrogens (tertiary/aromatic N) is 2. The van der Waals surface area contributed by atoms with Crippen molar-refractivity contribution < 1.29 is 9.59 Å². The van der Waals surface area contributed by atoms with Gasteiger partial charge < -0.3 is 9.88 Å². The smallest absolute Gasteiger partial charge is 0.318 e. The molecule has 0 aliphatic heterocycles. The lowest BCUT2D eigenvalue weighted by Gasteiger charge is -2.15. The number of anilines is 1. The predicted molar refractivity (Wildman–Crippen MR) is 126 cm³/mol. The summed E-state index contributed by atoms with van der Waals surface area (Å²) in [7, 11) is 0. The number of para-hydroxylation sites is 1. The average Bonchev–Trinajstić information content (AvgIpc) is 2.98. The van der Waals surface area contributed by atoms with Gasteiger partial charge in [-0.25, -0.2) is 5.43 Å². The topological polar surface area (TPSA) is 75.5 Å². The van der Waals surface area contributed by atoms with Crippen LogP contribution in [0.2, 0.25) is 10.0 Å². The van der Waals surface area contributed by atoms with Crippen LogP contribution in [0.15, 0.2) is 47.6 Å². The summed E-state index contributed by atoms with van der Waals surface area (Å²) >= 11 is 11.8. The normalized spacial score (nSPS) is 11.0. The molecule has 0 atom stereocenters. The number of hydrogen-bond acceptors (Lipinski definition) is 3. The summed E-state index contributed by atoms with van der Waals surface area (Å²) in [5.74, 6) is -1.76. The summed E-state index contributed by atoms with van der Waals surface area (Å²) in [4.78, 5) is 24.1. The lowest BCUT2D eigenvalue weighted by molar-refractivity contribution is -0.136. The second kappa shape index (κ2) is 9.37. The van der Waals surface area contributed by atoms with Crippen molar-refractivity contribution in [3.8, 4) is 5.69 Å². The lowest BCUT2D eigenvalue weighted by Crippen LogP contribution is -2.32. The first-order valence-electron chi connectivity index (χ1n) is 9.54. The van der Waals surface area contributed by atoms with Crippen LogP contribution < -0.4 is 10.7 Å². The van der Waals surface area contributed by atoms with Gasteiger partial charge in [0.2, 0.25) is 0 Å². The zero-order valence-electron chi connectivity index (χ0n) is 17.6. The van der Waals surface area contributed by atoms with E-state index in [1.165, 1.54) is 18.3 Å². The van der Waals surface area contributed by atoms with Crippen molar-refractivity contribution >= 4 is 46.9 Å². The second-order valence-electron chi connectivity index (χ2n) is 7.18. The molecule has 0 saturated heterocycles. The molecule has 1 heterocycles. The first-order valence-corrected chi connectivity index (χ1v) is 10.3. The van der Waals surface area contributed by atoms with E-state index >= 15 is 0 Å². The van der Waals surface area contributed by atoms with E-state index in [0.29, 0.717) is 10.7 Å². The maximum Gasteiger partial charge on any atom is 0.329 e. The highest BCUT2D eigenvalue weighted by Gasteiger charge is 2.15. The van der Waals surface area contributed by atoms with Crippen molar-refractivity contribution in [3.05, 3.63) is 80.6 Å². The number of hydrazone groups is 1. The van der Waals surface area contributed by atoms with E-state index < -0.39 is 11.8 Å². The third-order valence-electron chi connectivity index (χ3n) is 4.89. The SMILES string of the molecule is Cc1cccc(C)c1-n1c(C)cc(/C=N\NC(=O)C(=O)Nc2ccc(Cl)c(Cl)c2)c1C. The maximum absolute atomic E-state index is 12.1. The van der Waals surface area contributed by atoms with Gasteiger partial charge >= 0.3 is 11.8 Å². The Morgan fingerprint density at radius 2 is 1.61 bits per heavy atom. The third kappa shape index (κ3) is 4.98. The average molecular weight is 457 g/mol. The number of aromatic nitrogens is 1.